The van der Waals surface area contributed by atoms with Gasteiger partial charge in [-0.15, -0.1) is 0 Å². The minimum atomic E-state index is -3.80. The summed E-state index contributed by atoms with van der Waals surface area (Å²) in [5.74, 6) is 1.23. The molecule has 0 saturated carbocycles. The summed E-state index contributed by atoms with van der Waals surface area (Å²) in [4.78, 5) is 12.0. The van der Waals surface area contributed by atoms with Crippen LogP contribution in [0.25, 0.3) is 0 Å². The van der Waals surface area contributed by atoms with Crippen molar-refractivity contribution in [2.45, 2.75) is 37.8 Å². The van der Waals surface area contributed by atoms with E-state index in [4.69, 9.17) is 14.2 Å². The van der Waals surface area contributed by atoms with E-state index < -0.39 is 16.1 Å². The van der Waals surface area contributed by atoms with Gasteiger partial charge in [0.05, 0.1) is 10.6 Å². The smallest absolute Gasteiger partial charge is 0.261 e. The summed E-state index contributed by atoms with van der Waals surface area (Å²) in [6.45, 7) is 6.23. The first-order chi connectivity index (χ1) is 13.7. The van der Waals surface area contributed by atoms with E-state index in [-0.39, 0.29) is 16.8 Å². The van der Waals surface area contributed by atoms with Crippen LogP contribution in [0.5, 0.6) is 17.2 Å². The zero-order chi connectivity index (χ0) is 21.0. The Morgan fingerprint density at radius 3 is 2.31 bits per heavy atom. The van der Waals surface area contributed by atoms with E-state index >= 15 is 0 Å². The molecule has 0 bridgehead atoms. The lowest BCUT2D eigenvalue weighted by atomic mass is 10.3. The fourth-order valence-electron chi connectivity index (χ4n) is 2.68. The van der Waals surface area contributed by atoms with E-state index in [1.54, 1.807) is 25.1 Å². The van der Waals surface area contributed by atoms with Crippen LogP contribution in [0, 0.1) is 0 Å². The second kappa shape index (κ2) is 8.60. The lowest BCUT2D eigenvalue weighted by Crippen LogP contribution is -2.40. The van der Waals surface area contributed by atoms with E-state index in [0.717, 1.165) is 0 Å². The Bertz CT molecular complexity index is 973. The Kier molecular flexibility index (Phi) is 6.17. The van der Waals surface area contributed by atoms with Crippen molar-refractivity contribution < 1.29 is 27.4 Å². The molecule has 1 aliphatic heterocycles. The SMILES string of the molecule is CC(C)NC(=O)[C@@H](C)Oc1ccc(S(=O)(=O)Nc2ccc3c(c2)OCCO3)cc1. The molecular formula is C20H24N2O6S. The van der Waals surface area contributed by atoms with Crippen LogP contribution in [0.2, 0.25) is 0 Å². The van der Waals surface area contributed by atoms with E-state index in [1.165, 1.54) is 24.3 Å². The number of amides is 1. The molecular weight excluding hydrogens is 396 g/mol. The molecule has 3 rings (SSSR count). The Labute approximate surface area is 170 Å². The number of hydrogen-bond acceptors (Lipinski definition) is 6. The molecule has 0 radical (unpaired) electrons. The molecule has 29 heavy (non-hydrogen) atoms. The molecule has 2 aromatic carbocycles. The average molecular weight is 420 g/mol. The minimum absolute atomic E-state index is 0.00713. The van der Waals surface area contributed by atoms with Gasteiger partial charge in [0.1, 0.15) is 19.0 Å². The summed E-state index contributed by atoms with van der Waals surface area (Å²) < 4.78 is 44.3. The van der Waals surface area contributed by atoms with Gasteiger partial charge in [0.15, 0.2) is 17.6 Å². The molecule has 8 nitrogen and oxygen atoms in total. The number of carbonyl (C=O) groups is 1. The van der Waals surface area contributed by atoms with Gasteiger partial charge in [0, 0.05) is 12.1 Å². The van der Waals surface area contributed by atoms with Crippen molar-refractivity contribution in [1.29, 1.82) is 0 Å². The molecule has 2 aromatic rings. The Hall–Kier alpha value is -2.94. The van der Waals surface area contributed by atoms with Crippen molar-refractivity contribution in [2.24, 2.45) is 0 Å². The molecule has 1 atom stereocenters. The largest absolute Gasteiger partial charge is 0.486 e. The van der Waals surface area contributed by atoms with Crippen molar-refractivity contribution in [1.82, 2.24) is 5.32 Å². The number of rotatable bonds is 7. The maximum atomic E-state index is 12.6. The summed E-state index contributed by atoms with van der Waals surface area (Å²) in [5, 5.41) is 2.76. The van der Waals surface area contributed by atoms with Crippen LogP contribution in [-0.2, 0) is 14.8 Å². The monoisotopic (exact) mass is 420 g/mol. The van der Waals surface area contributed by atoms with E-state index in [0.29, 0.717) is 36.1 Å². The summed E-state index contributed by atoms with van der Waals surface area (Å²) in [7, 11) is -3.80. The molecule has 0 unspecified atom stereocenters. The molecule has 0 aromatic heterocycles. The number of anilines is 1. The second-order valence-corrected chi connectivity index (χ2v) is 8.54. The molecule has 9 heteroatoms. The Balaban J connectivity index is 1.67. The topological polar surface area (TPSA) is 103 Å². The minimum Gasteiger partial charge on any atom is -0.486 e. The van der Waals surface area contributed by atoms with E-state index in [9.17, 15) is 13.2 Å². The van der Waals surface area contributed by atoms with Crippen molar-refractivity contribution in [3.05, 3.63) is 42.5 Å². The Morgan fingerprint density at radius 1 is 1.00 bits per heavy atom. The fraction of sp³-hybridized carbons (Fsp3) is 0.350. The average Bonchev–Trinajstić information content (AvgIpc) is 2.67. The number of fused-ring (bicyclic) bond motifs is 1. The van der Waals surface area contributed by atoms with Crippen LogP contribution in [0.3, 0.4) is 0 Å². The number of nitrogens with one attached hydrogen (secondary N) is 2. The summed E-state index contributed by atoms with van der Waals surface area (Å²) in [5.41, 5.74) is 0.369. The standard InChI is InChI=1S/C20H24N2O6S/c1-13(2)21-20(23)14(3)28-16-5-7-17(8-6-16)29(24,25)22-15-4-9-18-19(12-15)27-11-10-26-18/h4-9,12-14,22H,10-11H2,1-3H3,(H,21,23)/t14-/m1/s1. The first-order valence-electron chi connectivity index (χ1n) is 9.24. The molecule has 0 fully saturated rings. The zero-order valence-electron chi connectivity index (χ0n) is 16.5. The van der Waals surface area contributed by atoms with Crippen LogP contribution in [0.1, 0.15) is 20.8 Å². The number of hydrogen-bond donors (Lipinski definition) is 2. The molecule has 156 valence electrons. The molecule has 1 aliphatic rings. The molecule has 0 spiro atoms. The third-order valence-corrected chi connectivity index (χ3v) is 5.44. The number of sulfonamides is 1. The van der Waals surface area contributed by atoms with Gasteiger partial charge < -0.3 is 19.5 Å². The van der Waals surface area contributed by atoms with Crippen molar-refractivity contribution in [2.75, 3.05) is 17.9 Å². The highest BCUT2D eigenvalue weighted by Gasteiger charge is 2.19. The lowest BCUT2D eigenvalue weighted by molar-refractivity contribution is -0.127. The van der Waals surface area contributed by atoms with Crippen LogP contribution in [0.4, 0.5) is 5.69 Å². The predicted molar refractivity (Wildman–Crippen MR) is 108 cm³/mol. The van der Waals surface area contributed by atoms with E-state index in [1.807, 2.05) is 13.8 Å². The number of carbonyl (C=O) groups excluding carboxylic acids is 1. The third kappa shape index (κ3) is 5.32. The molecule has 0 aliphatic carbocycles. The van der Waals surface area contributed by atoms with Crippen LogP contribution < -0.4 is 24.2 Å². The van der Waals surface area contributed by atoms with Gasteiger partial charge in [-0.05, 0) is 57.2 Å². The molecule has 2 N–H and O–H groups in total. The maximum absolute atomic E-state index is 12.6. The number of ether oxygens (including phenoxy) is 3. The highest BCUT2D eigenvalue weighted by Crippen LogP contribution is 2.33. The quantitative estimate of drug-likeness (QED) is 0.714. The number of benzene rings is 2. The van der Waals surface area contributed by atoms with Gasteiger partial charge in [-0.3, -0.25) is 9.52 Å². The zero-order valence-corrected chi connectivity index (χ0v) is 17.3. The molecule has 1 amide bonds. The highest BCUT2D eigenvalue weighted by molar-refractivity contribution is 7.92. The van der Waals surface area contributed by atoms with Gasteiger partial charge in [-0.2, -0.15) is 0 Å². The summed E-state index contributed by atoms with van der Waals surface area (Å²) in [6, 6.07) is 10.7. The van der Waals surface area contributed by atoms with Crippen molar-refractivity contribution in [3.8, 4) is 17.2 Å². The van der Waals surface area contributed by atoms with Crippen LogP contribution in [-0.4, -0.2) is 39.7 Å². The van der Waals surface area contributed by atoms with Crippen molar-refractivity contribution >= 4 is 21.6 Å². The lowest BCUT2D eigenvalue weighted by Gasteiger charge is -2.19. The van der Waals surface area contributed by atoms with Crippen LogP contribution >= 0.6 is 0 Å². The highest BCUT2D eigenvalue weighted by atomic mass is 32.2. The third-order valence-electron chi connectivity index (χ3n) is 4.04. The van der Waals surface area contributed by atoms with Crippen LogP contribution in [0.15, 0.2) is 47.4 Å². The molecule has 0 saturated heterocycles. The van der Waals surface area contributed by atoms with E-state index in [2.05, 4.69) is 10.0 Å². The second-order valence-electron chi connectivity index (χ2n) is 6.86. The van der Waals surface area contributed by atoms with Gasteiger partial charge in [-0.25, -0.2) is 8.42 Å². The normalized spacial score (nSPS) is 14.2. The van der Waals surface area contributed by atoms with Gasteiger partial charge >= 0.3 is 0 Å². The first-order valence-corrected chi connectivity index (χ1v) is 10.7. The predicted octanol–water partition coefficient (Wildman–Crippen LogP) is 2.55. The molecule has 1 heterocycles. The Morgan fingerprint density at radius 2 is 1.66 bits per heavy atom. The van der Waals surface area contributed by atoms with Gasteiger partial charge in [0.2, 0.25) is 0 Å². The maximum Gasteiger partial charge on any atom is 0.261 e. The van der Waals surface area contributed by atoms with Gasteiger partial charge in [0.25, 0.3) is 15.9 Å². The van der Waals surface area contributed by atoms with Crippen molar-refractivity contribution in [3.63, 3.8) is 0 Å². The summed E-state index contributed by atoms with van der Waals surface area (Å²) in [6.07, 6.45) is -0.698. The summed E-state index contributed by atoms with van der Waals surface area (Å²) >= 11 is 0. The first kappa shape index (κ1) is 20.8. The fourth-order valence-corrected chi connectivity index (χ4v) is 3.73. The van der Waals surface area contributed by atoms with Gasteiger partial charge in [-0.1, -0.05) is 0 Å².